The summed E-state index contributed by atoms with van der Waals surface area (Å²) in [4.78, 5) is 23.4. The van der Waals surface area contributed by atoms with Crippen molar-refractivity contribution in [3.05, 3.63) is 28.3 Å². The molecule has 0 saturated carbocycles. The van der Waals surface area contributed by atoms with E-state index in [1.54, 1.807) is 0 Å². The Hall–Kier alpha value is -2.19. The summed E-state index contributed by atoms with van der Waals surface area (Å²) in [5.41, 5.74) is 0.713. The number of nitro groups is 1. The summed E-state index contributed by atoms with van der Waals surface area (Å²) >= 11 is 0. The maximum Gasteiger partial charge on any atom is 0.271 e. The third-order valence-electron chi connectivity index (χ3n) is 3.01. The molecule has 0 aromatic heterocycles. The number of anilines is 2. The van der Waals surface area contributed by atoms with Crippen LogP contribution in [0.15, 0.2) is 18.2 Å². The molecule has 1 amide bonds. The number of β-amino-alcohol motifs (C(OH)–C–C–N with tert-alkyl or cyclic N) is 1. The Morgan fingerprint density at radius 1 is 1.50 bits per heavy atom. The minimum atomic E-state index is -0.771. The second kappa shape index (κ2) is 5.85. The molecule has 1 aliphatic heterocycles. The van der Waals surface area contributed by atoms with Crippen LogP contribution in [0.2, 0.25) is 0 Å². The third-order valence-corrected chi connectivity index (χ3v) is 3.01. The lowest BCUT2D eigenvalue weighted by molar-refractivity contribution is -0.384. The van der Waals surface area contributed by atoms with E-state index in [9.17, 15) is 20.0 Å². The number of nitro benzene ring substituents is 1. The molecule has 1 aromatic rings. The maximum absolute atomic E-state index is 11.8. The van der Waals surface area contributed by atoms with Crippen LogP contribution in [0.5, 0.6) is 0 Å². The Balaban J connectivity index is 2.38. The van der Waals surface area contributed by atoms with E-state index < -0.39 is 11.0 Å². The number of aliphatic hydroxyl groups excluding tert-OH is 2. The first kappa shape index (κ1) is 14.2. The van der Waals surface area contributed by atoms with Crippen LogP contribution in [-0.2, 0) is 4.79 Å². The molecule has 8 heteroatoms. The Labute approximate surface area is 114 Å². The Morgan fingerprint density at radius 3 is 2.80 bits per heavy atom. The number of carbonyl (C=O) groups excluding carboxylic acids is 1. The Bertz CT molecular complexity index is 534. The van der Waals surface area contributed by atoms with Crippen molar-refractivity contribution in [1.29, 1.82) is 0 Å². The molecule has 3 N–H and O–H groups in total. The van der Waals surface area contributed by atoms with E-state index in [1.807, 2.05) is 0 Å². The van der Waals surface area contributed by atoms with Crippen LogP contribution in [0.25, 0.3) is 0 Å². The monoisotopic (exact) mass is 281 g/mol. The van der Waals surface area contributed by atoms with Gasteiger partial charge in [0.25, 0.3) is 5.69 Å². The third kappa shape index (κ3) is 2.86. The molecule has 0 aliphatic carbocycles. The fourth-order valence-corrected chi connectivity index (χ4v) is 2.12. The van der Waals surface area contributed by atoms with E-state index in [0.29, 0.717) is 11.4 Å². The highest BCUT2D eigenvalue weighted by molar-refractivity contribution is 5.99. The van der Waals surface area contributed by atoms with Crippen LogP contribution in [0.1, 0.15) is 6.42 Å². The number of carbonyl (C=O) groups is 1. The van der Waals surface area contributed by atoms with Crippen molar-refractivity contribution >= 4 is 23.0 Å². The fraction of sp³-hybridized carbons (Fsp3) is 0.417. The van der Waals surface area contributed by atoms with Crippen LogP contribution in [-0.4, -0.2) is 46.8 Å². The maximum atomic E-state index is 11.8. The first-order chi connectivity index (χ1) is 9.52. The molecule has 1 heterocycles. The first-order valence-corrected chi connectivity index (χ1v) is 6.14. The molecule has 1 aromatic carbocycles. The molecule has 1 unspecified atom stereocenters. The summed E-state index contributed by atoms with van der Waals surface area (Å²) in [5, 5.41) is 32.1. The lowest BCUT2D eigenvalue weighted by atomic mass is 10.2. The molecule has 20 heavy (non-hydrogen) atoms. The quantitative estimate of drug-likeness (QED) is 0.520. The van der Waals surface area contributed by atoms with Gasteiger partial charge in [0.05, 0.1) is 42.0 Å². The van der Waals surface area contributed by atoms with Crippen LogP contribution >= 0.6 is 0 Å². The van der Waals surface area contributed by atoms with Crippen molar-refractivity contribution in [3.8, 4) is 0 Å². The second-order valence-corrected chi connectivity index (χ2v) is 4.47. The lowest BCUT2D eigenvalue weighted by Gasteiger charge is -2.20. The molecule has 1 saturated heterocycles. The van der Waals surface area contributed by atoms with Crippen LogP contribution in [0, 0.1) is 10.1 Å². The van der Waals surface area contributed by atoms with Crippen molar-refractivity contribution in [2.75, 3.05) is 29.9 Å². The number of nitrogens with zero attached hydrogens (tertiary/aromatic N) is 2. The SMILES string of the molecule is O=C1CC(O)CN1c1cc([N+](=O)[O-])ccc1NCCO. The molecule has 1 fully saturated rings. The molecule has 108 valence electrons. The van der Waals surface area contributed by atoms with E-state index in [0.717, 1.165) is 0 Å². The molecule has 0 radical (unpaired) electrons. The van der Waals surface area contributed by atoms with Crippen molar-refractivity contribution in [2.24, 2.45) is 0 Å². The lowest BCUT2D eigenvalue weighted by Crippen LogP contribution is -2.26. The smallest absolute Gasteiger partial charge is 0.271 e. The molecular weight excluding hydrogens is 266 g/mol. The number of amides is 1. The van der Waals surface area contributed by atoms with Crippen molar-refractivity contribution in [1.82, 2.24) is 0 Å². The highest BCUT2D eigenvalue weighted by Gasteiger charge is 2.31. The predicted octanol–water partition coefficient (Wildman–Crippen LogP) is 0.0966. The van der Waals surface area contributed by atoms with Crippen molar-refractivity contribution < 1.29 is 19.9 Å². The Morgan fingerprint density at radius 2 is 2.25 bits per heavy atom. The molecule has 2 rings (SSSR count). The zero-order valence-corrected chi connectivity index (χ0v) is 10.7. The van der Waals surface area contributed by atoms with Gasteiger partial charge >= 0.3 is 0 Å². The number of aliphatic hydroxyl groups is 2. The van der Waals surface area contributed by atoms with Gasteiger partial charge in [-0.2, -0.15) is 0 Å². The number of non-ortho nitro benzene ring substituents is 1. The number of nitrogens with one attached hydrogen (secondary N) is 1. The van der Waals surface area contributed by atoms with E-state index in [1.165, 1.54) is 23.1 Å². The Kier molecular flexibility index (Phi) is 4.16. The van der Waals surface area contributed by atoms with Gasteiger partial charge in [-0.3, -0.25) is 14.9 Å². The molecular formula is C12H15N3O5. The highest BCUT2D eigenvalue weighted by Crippen LogP contribution is 2.33. The van der Waals surface area contributed by atoms with Crippen LogP contribution in [0.4, 0.5) is 17.1 Å². The summed E-state index contributed by atoms with van der Waals surface area (Å²) in [6.07, 6.45) is -0.769. The second-order valence-electron chi connectivity index (χ2n) is 4.47. The predicted molar refractivity (Wildman–Crippen MR) is 71.6 cm³/mol. The van der Waals surface area contributed by atoms with Gasteiger partial charge in [-0.05, 0) is 6.07 Å². The van der Waals surface area contributed by atoms with Gasteiger partial charge in [0.1, 0.15) is 0 Å². The van der Waals surface area contributed by atoms with Gasteiger partial charge in [-0.15, -0.1) is 0 Å². The van der Waals surface area contributed by atoms with Crippen LogP contribution in [0.3, 0.4) is 0 Å². The molecule has 1 aliphatic rings. The minimum Gasteiger partial charge on any atom is -0.395 e. The van der Waals surface area contributed by atoms with Crippen molar-refractivity contribution in [3.63, 3.8) is 0 Å². The fourth-order valence-electron chi connectivity index (χ4n) is 2.12. The topological polar surface area (TPSA) is 116 Å². The zero-order chi connectivity index (χ0) is 14.7. The van der Waals surface area contributed by atoms with Crippen LogP contribution < -0.4 is 10.2 Å². The van der Waals surface area contributed by atoms with Gasteiger partial charge in [0, 0.05) is 18.7 Å². The summed E-state index contributed by atoms with van der Waals surface area (Å²) in [5.74, 6) is -0.287. The van der Waals surface area contributed by atoms with E-state index >= 15 is 0 Å². The largest absolute Gasteiger partial charge is 0.395 e. The van der Waals surface area contributed by atoms with Gasteiger partial charge in [-0.1, -0.05) is 0 Å². The standard InChI is InChI=1S/C12H15N3O5/c16-4-3-13-10-2-1-8(15(19)20)5-11(10)14-7-9(17)6-12(14)18/h1-2,5,9,13,16-17H,3-4,6-7H2. The van der Waals surface area contributed by atoms with E-state index in [2.05, 4.69) is 5.32 Å². The number of hydrogen-bond donors (Lipinski definition) is 3. The van der Waals surface area contributed by atoms with E-state index in [-0.39, 0.29) is 37.7 Å². The summed E-state index contributed by atoms with van der Waals surface area (Å²) in [6.45, 7) is 0.260. The number of rotatable bonds is 5. The molecule has 0 bridgehead atoms. The zero-order valence-electron chi connectivity index (χ0n) is 10.7. The first-order valence-electron chi connectivity index (χ1n) is 6.14. The van der Waals surface area contributed by atoms with Crippen molar-refractivity contribution in [2.45, 2.75) is 12.5 Å². The van der Waals surface area contributed by atoms with Gasteiger partial charge in [-0.25, -0.2) is 0 Å². The van der Waals surface area contributed by atoms with Gasteiger partial charge in [0.2, 0.25) is 5.91 Å². The minimum absolute atomic E-state index is 0.00211. The number of hydrogen-bond acceptors (Lipinski definition) is 6. The van der Waals surface area contributed by atoms with Gasteiger partial charge in [0.15, 0.2) is 0 Å². The summed E-state index contributed by atoms with van der Waals surface area (Å²) in [6, 6.07) is 4.09. The normalized spacial score (nSPS) is 18.4. The average Bonchev–Trinajstić information content (AvgIpc) is 2.75. The van der Waals surface area contributed by atoms with Gasteiger partial charge < -0.3 is 20.4 Å². The number of benzene rings is 1. The highest BCUT2D eigenvalue weighted by atomic mass is 16.6. The molecule has 0 spiro atoms. The average molecular weight is 281 g/mol. The molecule has 8 nitrogen and oxygen atoms in total. The summed E-state index contributed by atoms with van der Waals surface area (Å²) < 4.78 is 0. The summed E-state index contributed by atoms with van der Waals surface area (Å²) in [7, 11) is 0. The molecule has 1 atom stereocenters. The van der Waals surface area contributed by atoms with E-state index in [4.69, 9.17) is 5.11 Å².